The molecule has 0 saturated heterocycles. The van der Waals surface area contributed by atoms with E-state index in [1.807, 2.05) is 55.4 Å². The summed E-state index contributed by atoms with van der Waals surface area (Å²) in [5.41, 5.74) is 3.94. The van der Waals surface area contributed by atoms with Crippen molar-refractivity contribution in [3.63, 3.8) is 0 Å². The summed E-state index contributed by atoms with van der Waals surface area (Å²) in [7, 11) is 3.96. The highest BCUT2D eigenvalue weighted by molar-refractivity contribution is 6.11. The monoisotopic (exact) mass is 280 g/mol. The summed E-state index contributed by atoms with van der Waals surface area (Å²) in [5, 5.41) is 2.89. The van der Waals surface area contributed by atoms with Gasteiger partial charge < -0.3 is 15.2 Å². The second-order valence-corrected chi connectivity index (χ2v) is 5.00. The van der Waals surface area contributed by atoms with Crippen molar-refractivity contribution in [2.24, 2.45) is 0 Å². The van der Waals surface area contributed by atoms with E-state index in [1.165, 1.54) is 0 Å². The molecule has 106 valence electrons. The lowest BCUT2D eigenvalue weighted by molar-refractivity contribution is 0.102. The second kappa shape index (κ2) is 5.28. The smallest absolute Gasteiger partial charge is 0.257 e. The summed E-state index contributed by atoms with van der Waals surface area (Å²) < 4.78 is 0. The van der Waals surface area contributed by atoms with Crippen LogP contribution >= 0.6 is 0 Å². The van der Waals surface area contributed by atoms with Gasteiger partial charge in [0.05, 0.1) is 17.4 Å². The van der Waals surface area contributed by atoms with Crippen LogP contribution in [0.4, 0.5) is 11.4 Å². The van der Waals surface area contributed by atoms with Gasteiger partial charge in [-0.05, 0) is 36.4 Å². The van der Waals surface area contributed by atoms with Crippen LogP contribution in [0.1, 0.15) is 10.4 Å². The fourth-order valence-electron chi connectivity index (χ4n) is 2.19. The number of aromatic nitrogens is 2. The lowest BCUT2D eigenvalue weighted by Crippen LogP contribution is -2.13. The molecule has 0 spiro atoms. The van der Waals surface area contributed by atoms with Gasteiger partial charge in [0.2, 0.25) is 0 Å². The maximum absolute atomic E-state index is 12.4. The minimum absolute atomic E-state index is 0.162. The first-order valence-electron chi connectivity index (χ1n) is 6.66. The van der Waals surface area contributed by atoms with Gasteiger partial charge in [0.15, 0.2) is 0 Å². The number of anilines is 2. The quantitative estimate of drug-likeness (QED) is 0.775. The number of hydrogen-bond donors (Lipinski definition) is 2. The highest BCUT2D eigenvalue weighted by atomic mass is 16.1. The van der Waals surface area contributed by atoms with E-state index in [0.717, 1.165) is 16.9 Å². The predicted molar refractivity (Wildman–Crippen MR) is 84.8 cm³/mol. The van der Waals surface area contributed by atoms with E-state index >= 15 is 0 Å². The number of rotatable bonds is 3. The highest BCUT2D eigenvalue weighted by Gasteiger charge is 2.11. The molecule has 0 bridgehead atoms. The number of imidazole rings is 1. The molecule has 3 rings (SSSR count). The van der Waals surface area contributed by atoms with Crippen molar-refractivity contribution in [3.05, 3.63) is 54.4 Å². The molecule has 1 amide bonds. The van der Waals surface area contributed by atoms with Crippen molar-refractivity contribution in [1.29, 1.82) is 0 Å². The Labute approximate surface area is 122 Å². The summed E-state index contributed by atoms with van der Waals surface area (Å²) in [4.78, 5) is 21.6. The molecule has 0 atom stereocenters. The molecule has 2 N–H and O–H groups in total. The van der Waals surface area contributed by atoms with Crippen LogP contribution in [0.5, 0.6) is 0 Å². The normalized spacial score (nSPS) is 10.6. The Bertz CT molecular complexity index is 774. The molecule has 1 heterocycles. The summed E-state index contributed by atoms with van der Waals surface area (Å²) >= 11 is 0. The van der Waals surface area contributed by atoms with Gasteiger partial charge in [-0.1, -0.05) is 6.07 Å². The van der Waals surface area contributed by atoms with Crippen LogP contribution in [0, 0.1) is 0 Å². The number of benzene rings is 2. The first-order chi connectivity index (χ1) is 10.1. The summed E-state index contributed by atoms with van der Waals surface area (Å²) in [6.45, 7) is 0. The number of para-hydroxylation sites is 1. The Kier molecular flexibility index (Phi) is 3.31. The molecule has 0 aliphatic rings. The van der Waals surface area contributed by atoms with Gasteiger partial charge in [0.25, 0.3) is 5.91 Å². The van der Waals surface area contributed by atoms with Crippen LogP contribution in [-0.2, 0) is 0 Å². The number of nitrogens with zero attached hydrogens (tertiary/aromatic N) is 2. The van der Waals surface area contributed by atoms with E-state index in [4.69, 9.17) is 0 Å². The number of nitrogens with one attached hydrogen (secondary N) is 2. The van der Waals surface area contributed by atoms with Gasteiger partial charge in [-0.3, -0.25) is 4.79 Å². The Morgan fingerprint density at radius 1 is 1.14 bits per heavy atom. The molecule has 0 saturated carbocycles. The molecule has 0 radical (unpaired) electrons. The van der Waals surface area contributed by atoms with E-state index in [2.05, 4.69) is 15.3 Å². The van der Waals surface area contributed by atoms with Crippen LogP contribution in [-0.4, -0.2) is 30.0 Å². The number of H-pyrrole nitrogens is 1. The van der Waals surface area contributed by atoms with Crippen LogP contribution in [0.25, 0.3) is 11.0 Å². The van der Waals surface area contributed by atoms with E-state index in [1.54, 1.807) is 12.4 Å². The van der Waals surface area contributed by atoms with Crippen molar-refractivity contribution in [2.75, 3.05) is 24.3 Å². The summed E-state index contributed by atoms with van der Waals surface area (Å²) in [5.74, 6) is -0.162. The predicted octanol–water partition coefficient (Wildman–Crippen LogP) is 2.88. The Morgan fingerprint density at radius 2 is 1.90 bits per heavy atom. The molecule has 0 unspecified atom stereocenters. The molecule has 2 aromatic carbocycles. The third-order valence-corrected chi connectivity index (χ3v) is 3.34. The van der Waals surface area contributed by atoms with E-state index in [0.29, 0.717) is 11.1 Å². The number of fused-ring (bicyclic) bond motifs is 1. The molecule has 0 fully saturated rings. The van der Waals surface area contributed by atoms with Gasteiger partial charge in [-0.2, -0.15) is 0 Å². The molecule has 0 aliphatic carbocycles. The first-order valence-corrected chi connectivity index (χ1v) is 6.66. The minimum Gasteiger partial charge on any atom is -0.378 e. The number of aromatic amines is 1. The van der Waals surface area contributed by atoms with Crippen molar-refractivity contribution < 1.29 is 4.79 Å². The fraction of sp³-hybridized carbons (Fsp3) is 0.125. The topological polar surface area (TPSA) is 61.0 Å². The summed E-state index contributed by atoms with van der Waals surface area (Å²) in [6, 6.07) is 13.2. The largest absolute Gasteiger partial charge is 0.378 e. The maximum atomic E-state index is 12.4. The van der Waals surface area contributed by atoms with Crippen molar-refractivity contribution in [2.45, 2.75) is 0 Å². The molecular formula is C16H16N4O. The SMILES string of the molecule is CN(C)c1ccc(NC(=O)c2cccc3[nH]cnc23)cc1. The van der Waals surface area contributed by atoms with Crippen molar-refractivity contribution >= 4 is 28.3 Å². The van der Waals surface area contributed by atoms with E-state index in [-0.39, 0.29) is 5.91 Å². The molecule has 21 heavy (non-hydrogen) atoms. The molecule has 1 aromatic heterocycles. The zero-order chi connectivity index (χ0) is 14.8. The van der Waals surface area contributed by atoms with Crippen LogP contribution in [0.15, 0.2) is 48.8 Å². The van der Waals surface area contributed by atoms with Crippen molar-refractivity contribution in [1.82, 2.24) is 9.97 Å². The number of carbonyl (C=O) groups is 1. The van der Waals surface area contributed by atoms with E-state index < -0.39 is 0 Å². The highest BCUT2D eigenvalue weighted by Crippen LogP contribution is 2.19. The minimum atomic E-state index is -0.162. The zero-order valence-electron chi connectivity index (χ0n) is 11.9. The zero-order valence-corrected chi connectivity index (χ0v) is 11.9. The average Bonchev–Trinajstić information content (AvgIpc) is 2.96. The molecule has 5 nitrogen and oxygen atoms in total. The third kappa shape index (κ3) is 2.58. The number of amides is 1. The van der Waals surface area contributed by atoms with Crippen LogP contribution < -0.4 is 10.2 Å². The second-order valence-electron chi connectivity index (χ2n) is 5.00. The Hall–Kier alpha value is -2.82. The Morgan fingerprint density at radius 3 is 2.62 bits per heavy atom. The van der Waals surface area contributed by atoms with Crippen LogP contribution in [0.2, 0.25) is 0 Å². The van der Waals surface area contributed by atoms with Gasteiger partial charge in [-0.25, -0.2) is 4.98 Å². The van der Waals surface area contributed by atoms with E-state index in [9.17, 15) is 4.79 Å². The average molecular weight is 280 g/mol. The van der Waals surface area contributed by atoms with Gasteiger partial charge >= 0.3 is 0 Å². The lowest BCUT2D eigenvalue weighted by Gasteiger charge is -2.13. The number of hydrogen-bond acceptors (Lipinski definition) is 3. The third-order valence-electron chi connectivity index (χ3n) is 3.34. The van der Waals surface area contributed by atoms with Gasteiger partial charge in [0, 0.05) is 25.5 Å². The molecule has 0 aliphatic heterocycles. The van der Waals surface area contributed by atoms with Crippen molar-refractivity contribution in [3.8, 4) is 0 Å². The Balaban J connectivity index is 1.84. The van der Waals surface area contributed by atoms with Crippen LogP contribution in [0.3, 0.4) is 0 Å². The standard InChI is InChI=1S/C16H16N4O/c1-20(2)12-8-6-11(7-9-12)19-16(21)13-4-3-5-14-15(13)18-10-17-14/h3-10H,1-2H3,(H,17,18)(H,19,21). The molecule has 5 heteroatoms. The fourth-order valence-corrected chi connectivity index (χ4v) is 2.19. The first kappa shape index (κ1) is 13.2. The van der Waals surface area contributed by atoms with Gasteiger partial charge in [-0.15, -0.1) is 0 Å². The van der Waals surface area contributed by atoms with Gasteiger partial charge in [0.1, 0.15) is 5.52 Å². The maximum Gasteiger partial charge on any atom is 0.257 e. The summed E-state index contributed by atoms with van der Waals surface area (Å²) in [6.07, 6.45) is 1.59. The lowest BCUT2D eigenvalue weighted by atomic mass is 10.1. The number of carbonyl (C=O) groups excluding carboxylic acids is 1. The molecular weight excluding hydrogens is 264 g/mol. The molecule has 3 aromatic rings.